The first-order valence-electron chi connectivity index (χ1n) is 5.83. The molecule has 0 aliphatic heterocycles. The Kier molecular flexibility index (Phi) is 5.63. The summed E-state index contributed by atoms with van der Waals surface area (Å²) in [6, 6.07) is 4.16. The highest BCUT2D eigenvalue weighted by Crippen LogP contribution is 2.22. The maximum absolute atomic E-state index is 12.1. The molecule has 19 heavy (non-hydrogen) atoms. The number of hydrogen-bond acceptors (Lipinski definition) is 2. The minimum atomic E-state index is -0.602. The second-order valence-corrected chi connectivity index (χ2v) is 5.44. The molecule has 0 aliphatic carbocycles. The fourth-order valence-electron chi connectivity index (χ4n) is 1.60. The molecule has 0 radical (unpaired) electrons. The lowest BCUT2D eigenvalue weighted by Gasteiger charge is -2.21. The van der Waals surface area contributed by atoms with E-state index in [4.69, 9.17) is 23.2 Å². The first-order valence-corrected chi connectivity index (χ1v) is 6.59. The molecule has 1 atom stereocenters. The fraction of sp³-hybridized carbons (Fsp3) is 0.385. The van der Waals surface area contributed by atoms with Gasteiger partial charge in [-0.3, -0.25) is 9.59 Å². The lowest BCUT2D eigenvalue weighted by Crippen LogP contribution is -2.46. The Balaban J connectivity index is 2.83. The molecule has 1 aromatic carbocycles. The molecule has 0 aliphatic rings. The van der Waals surface area contributed by atoms with Gasteiger partial charge in [0.05, 0.1) is 0 Å². The van der Waals surface area contributed by atoms with Gasteiger partial charge < -0.3 is 10.6 Å². The number of halogens is 2. The van der Waals surface area contributed by atoms with Crippen LogP contribution < -0.4 is 10.6 Å². The molecule has 0 spiro atoms. The van der Waals surface area contributed by atoms with E-state index in [0.717, 1.165) is 0 Å². The van der Waals surface area contributed by atoms with Crippen LogP contribution in [0.15, 0.2) is 18.2 Å². The normalized spacial score (nSPS) is 12.1. The monoisotopic (exact) mass is 302 g/mol. The van der Waals surface area contributed by atoms with Crippen LogP contribution in [0.25, 0.3) is 0 Å². The molecule has 6 heteroatoms. The second kappa shape index (κ2) is 6.78. The molecule has 0 heterocycles. The highest BCUT2D eigenvalue weighted by atomic mass is 35.5. The SMILES string of the molecule is CC(=O)N[C@@H](C(=O)Nc1cc(Cl)cc(Cl)c1)C(C)C. The lowest BCUT2D eigenvalue weighted by molar-refractivity contribution is -0.126. The van der Waals surface area contributed by atoms with Gasteiger partial charge in [0.1, 0.15) is 6.04 Å². The molecule has 4 nitrogen and oxygen atoms in total. The van der Waals surface area contributed by atoms with Crippen LogP contribution in [-0.4, -0.2) is 17.9 Å². The van der Waals surface area contributed by atoms with Gasteiger partial charge in [-0.1, -0.05) is 37.0 Å². The molecule has 1 aromatic rings. The van der Waals surface area contributed by atoms with E-state index in [9.17, 15) is 9.59 Å². The summed E-state index contributed by atoms with van der Waals surface area (Å²) in [5.41, 5.74) is 0.499. The van der Waals surface area contributed by atoms with E-state index in [-0.39, 0.29) is 17.7 Å². The predicted molar refractivity (Wildman–Crippen MR) is 77.5 cm³/mol. The van der Waals surface area contributed by atoms with Gasteiger partial charge in [-0.25, -0.2) is 0 Å². The molecule has 0 saturated heterocycles. The molecule has 0 bridgehead atoms. The van der Waals surface area contributed by atoms with E-state index in [0.29, 0.717) is 15.7 Å². The molecule has 0 unspecified atom stereocenters. The van der Waals surface area contributed by atoms with Crippen LogP contribution in [0.2, 0.25) is 10.0 Å². The van der Waals surface area contributed by atoms with E-state index >= 15 is 0 Å². The quantitative estimate of drug-likeness (QED) is 0.898. The molecule has 0 aromatic heterocycles. The van der Waals surface area contributed by atoms with Gasteiger partial charge in [0, 0.05) is 22.7 Å². The molecule has 0 fully saturated rings. The predicted octanol–water partition coefficient (Wildman–Crippen LogP) is 3.09. The third kappa shape index (κ3) is 5.09. The number of carbonyl (C=O) groups excluding carboxylic acids is 2. The summed E-state index contributed by atoms with van der Waals surface area (Å²) in [5.74, 6) is -0.583. The largest absolute Gasteiger partial charge is 0.344 e. The molecule has 2 amide bonds. The van der Waals surface area contributed by atoms with Crippen LogP contribution in [0.5, 0.6) is 0 Å². The number of nitrogens with one attached hydrogen (secondary N) is 2. The number of benzene rings is 1. The minimum Gasteiger partial charge on any atom is -0.344 e. The van der Waals surface area contributed by atoms with Gasteiger partial charge >= 0.3 is 0 Å². The molecule has 1 rings (SSSR count). The van der Waals surface area contributed by atoms with E-state index in [1.165, 1.54) is 6.92 Å². The van der Waals surface area contributed by atoms with E-state index in [1.54, 1.807) is 18.2 Å². The van der Waals surface area contributed by atoms with Gasteiger partial charge in [0.25, 0.3) is 0 Å². The fourth-order valence-corrected chi connectivity index (χ4v) is 2.13. The van der Waals surface area contributed by atoms with Gasteiger partial charge in [-0.2, -0.15) is 0 Å². The van der Waals surface area contributed by atoms with Crippen molar-refractivity contribution in [2.45, 2.75) is 26.8 Å². The number of amides is 2. The van der Waals surface area contributed by atoms with Crippen molar-refractivity contribution in [1.82, 2.24) is 5.32 Å². The molecular formula is C13H16Cl2N2O2. The number of anilines is 1. The van der Waals surface area contributed by atoms with E-state index in [1.807, 2.05) is 13.8 Å². The van der Waals surface area contributed by atoms with Crippen molar-refractivity contribution in [1.29, 1.82) is 0 Å². The Morgan fingerprint density at radius 3 is 2.05 bits per heavy atom. The van der Waals surface area contributed by atoms with Crippen LogP contribution in [0.3, 0.4) is 0 Å². The first-order chi connectivity index (χ1) is 8.79. The van der Waals surface area contributed by atoms with Crippen LogP contribution in [0.4, 0.5) is 5.69 Å². The Morgan fingerprint density at radius 2 is 1.63 bits per heavy atom. The zero-order valence-corrected chi connectivity index (χ0v) is 12.5. The average molecular weight is 303 g/mol. The Morgan fingerprint density at radius 1 is 1.11 bits per heavy atom. The average Bonchev–Trinajstić information content (AvgIpc) is 2.23. The summed E-state index contributed by atoms with van der Waals surface area (Å²) >= 11 is 11.7. The van der Waals surface area contributed by atoms with Crippen LogP contribution in [0.1, 0.15) is 20.8 Å². The Hall–Kier alpha value is -1.26. The summed E-state index contributed by atoms with van der Waals surface area (Å²) < 4.78 is 0. The molecule has 0 saturated carbocycles. The van der Waals surface area contributed by atoms with Crippen molar-refractivity contribution >= 4 is 40.7 Å². The Bertz CT molecular complexity index is 469. The number of hydrogen-bond donors (Lipinski definition) is 2. The zero-order valence-electron chi connectivity index (χ0n) is 11.0. The van der Waals surface area contributed by atoms with Gasteiger partial charge in [0.2, 0.25) is 11.8 Å². The Labute approximate surface area is 122 Å². The van der Waals surface area contributed by atoms with Crippen molar-refractivity contribution in [2.24, 2.45) is 5.92 Å². The summed E-state index contributed by atoms with van der Waals surface area (Å²) in [6.07, 6.45) is 0. The van der Waals surface area contributed by atoms with Gasteiger partial charge in [0.15, 0.2) is 0 Å². The molecular weight excluding hydrogens is 287 g/mol. The van der Waals surface area contributed by atoms with Crippen LogP contribution in [-0.2, 0) is 9.59 Å². The van der Waals surface area contributed by atoms with Crippen LogP contribution >= 0.6 is 23.2 Å². The zero-order chi connectivity index (χ0) is 14.6. The maximum atomic E-state index is 12.1. The summed E-state index contributed by atoms with van der Waals surface area (Å²) in [4.78, 5) is 23.2. The lowest BCUT2D eigenvalue weighted by atomic mass is 10.0. The highest BCUT2D eigenvalue weighted by Gasteiger charge is 2.23. The molecule has 104 valence electrons. The third-order valence-corrected chi connectivity index (χ3v) is 2.87. The van der Waals surface area contributed by atoms with Crippen molar-refractivity contribution in [3.8, 4) is 0 Å². The summed E-state index contributed by atoms with van der Waals surface area (Å²) in [5, 5.41) is 6.17. The number of carbonyl (C=O) groups is 2. The van der Waals surface area contributed by atoms with Crippen molar-refractivity contribution in [2.75, 3.05) is 5.32 Å². The summed E-state index contributed by atoms with van der Waals surface area (Å²) in [6.45, 7) is 5.08. The standard InChI is InChI=1S/C13H16Cl2N2O2/c1-7(2)12(16-8(3)18)13(19)17-11-5-9(14)4-10(15)6-11/h4-7,12H,1-3H3,(H,16,18)(H,17,19)/t12-/m1/s1. The minimum absolute atomic E-state index is 0.0291. The van der Waals surface area contributed by atoms with Crippen molar-refractivity contribution < 1.29 is 9.59 Å². The maximum Gasteiger partial charge on any atom is 0.247 e. The first kappa shape index (κ1) is 15.8. The van der Waals surface area contributed by atoms with Gasteiger partial charge in [-0.05, 0) is 24.1 Å². The second-order valence-electron chi connectivity index (χ2n) is 4.57. The van der Waals surface area contributed by atoms with Crippen molar-refractivity contribution in [3.05, 3.63) is 28.2 Å². The smallest absolute Gasteiger partial charge is 0.247 e. The van der Waals surface area contributed by atoms with Gasteiger partial charge in [-0.15, -0.1) is 0 Å². The molecule has 2 N–H and O–H groups in total. The van der Waals surface area contributed by atoms with E-state index < -0.39 is 6.04 Å². The van der Waals surface area contributed by atoms with Crippen molar-refractivity contribution in [3.63, 3.8) is 0 Å². The number of rotatable bonds is 4. The highest BCUT2D eigenvalue weighted by molar-refractivity contribution is 6.35. The van der Waals surface area contributed by atoms with E-state index in [2.05, 4.69) is 10.6 Å². The topological polar surface area (TPSA) is 58.2 Å². The summed E-state index contributed by atoms with van der Waals surface area (Å²) in [7, 11) is 0. The third-order valence-electron chi connectivity index (χ3n) is 2.44. The van der Waals surface area contributed by atoms with Crippen LogP contribution in [0, 0.1) is 5.92 Å².